The SMILES string of the molecule is CCC.Cc1ccc(CCCC=O)cc1. The van der Waals surface area contributed by atoms with Crippen LogP contribution in [0.4, 0.5) is 0 Å². The Bertz CT molecular complexity index is 249. The highest BCUT2D eigenvalue weighted by molar-refractivity contribution is 5.49. The second-order valence-corrected chi connectivity index (χ2v) is 3.75. The molecule has 0 fully saturated rings. The second-order valence-electron chi connectivity index (χ2n) is 3.75. The molecule has 1 nitrogen and oxygen atoms in total. The van der Waals surface area contributed by atoms with E-state index in [-0.39, 0.29) is 0 Å². The molecule has 1 aromatic rings. The maximum atomic E-state index is 10.0. The first kappa shape index (κ1) is 13.9. The van der Waals surface area contributed by atoms with E-state index in [1.165, 1.54) is 17.5 Å². The van der Waals surface area contributed by atoms with Gasteiger partial charge in [0.2, 0.25) is 0 Å². The highest BCUT2D eigenvalue weighted by Crippen LogP contribution is 2.06. The maximum Gasteiger partial charge on any atom is 0.120 e. The van der Waals surface area contributed by atoms with Crippen molar-refractivity contribution in [2.75, 3.05) is 0 Å². The van der Waals surface area contributed by atoms with Crippen molar-refractivity contribution in [2.45, 2.75) is 46.5 Å². The van der Waals surface area contributed by atoms with Crippen LogP contribution in [0.15, 0.2) is 24.3 Å². The minimum atomic E-state index is 0.674. The molecular formula is C14H22O. The van der Waals surface area contributed by atoms with Gasteiger partial charge in [0.05, 0.1) is 0 Å². The van der Waals surface area contributed by atoms with Crippen molar-refractivity contribution in [1.82, 2.24) is 0 Å². The number of rotatable bonds is 4. The monoisotopic (exact) mass is 206 g/mol. The summed E-state index contributed by atoms with van der Waals surface area (Å²) in [5, 5.41) is 0. The van der Waals surface area contributed by atoms with Crippen LogP contribution in [0.1, 0.15) is 44.2 Å². The van der Waals surface area contributed by atoms with Crippen LogP contribution >= 0.6 is 0 Å². The minimum Gasteiger partial charge on any atom is -0.303 e. The Balaban J connectivity index is 0.000000583. The molecule has 0 unspecified atom stereocenters. The smallest absolute Gasteiger partial charge is 0.120 e. The van der Waals surface area contributed by atoms with Crippen molar-refractivity contribution in [3.05, 3.63) is 35.4 Å². The van der Waals surface area contributed by atoms with E-state index in [0.717, 1.165) is 19.1 Å². The number of carbonyl (C=O) groups is 1. The van der Waals surface area contributed by atoms with Crippen molar-refractivity contribution < 1.29 is 4.79 Å². The fourth-order valence-corrected chi connectivity index (χ4v) is 1.14. The van der Waals surface area contributed by atoms with Crippen LogP contribution in [0.5, 0.6) is 0 Å². The second kappa shape index (κ2) is 9.45. The summed E-state index contributed by atoms with van der Waals surface area (Å²) in [6.45, 7) is 6.33. The predicted octanol–water partition coefficient (Wildman–Crippen LogP) is 3.93. The molecule has 0 atom stereocenters. The van der Waals surface area contributed by atoms with Crippen LogP contribution in [-0.4, -0.2) is 6.29 Å². The maximum absolute atomic E-state index is 10.0. The Hall–Kier alpha value is -1.11. The van der Waals surface area contributed by atoms with E-state index in [2.05, 4.69) is 45.0 Å². The third kappa shape index (κ3) is 7.92. The normalized spacial score (nSPS) is 9.00. The molecule has 0 N–H and O–H groups in total. The van der Waals surface area contributed by atoms with E-state index in [1.54, 1.807) is 0 Å². The number of aryl methyl sites for hydroxylation is 2. The molecule has 84 valence electrons. The van der Waals surface area contributed by atoms with Crippen LogP contribution in [0.25, 0.3) is 0 Å². The molecule has 0 spiro atoms. The molecule has 0 saturated heterocycles. The van der Waals surface area contributed by atoms with Gasteiger partial charge in [-0.3, -0.25) is 0 Å². The number of benzene rings is 1. The molecule has 1 heteroatoms. The van der Waals surface area contributed by atoms with Gasteiger partial charge in [-0.2, -0.15) is 0 Å². The summed E-state index contributed by atoms with van der Waals surface area (Å²) < 4.78 is 0. The highest BCUT2D eigenvalue weighted by atomic mass is 16.1. The molecule has 1 aromatic carbocycles. The summed E-state index contributed by atoms with van der Waals surface area (Å²) in [5.74, 6) is 0. The van der Waals surface area contributed by atoms with Gasteiger partial charge in [-0.15, -0.1) is 0 Å². The van der Waals surface area contributed by atoms with Crippen LogP contribution in [0.3, 0.4) is 0 Å². The average molecular weight is 206 g/mol. The molecule has 15 heavy (non-hydrogen) atoms. The Kier molecular flexibility index (Phi) is 8.75. The zero-order valence-electron chi connectivity index (χ0n) is 10.1. The lowest BCUT2D eigenvalue weighted by atomic mass is 10.1. The van der Waals surface area contributed by atoms with Gasteiger partial charge in [0.1, 0.15) is 6.29 Å². The fourth-order valence-electron chi connectivity index (χ4n) is 1.14. The molecule has 0 bridgehead atoms. The van der Waals surface area contributed by atoms with Crippen molar-refractivity contribution >= 4 is 6.29 Å². The summed E-state index contributed by atoms with van der Waals surface area (Å²) in [4.78, 5) is 10.0. The third-order valence-electron chi connectivity index (χ3n) is 1.91. The lowest BCUT2D eigenvalue weighted by molar-refractivity contribution is -0.107. The Labute approximate surface area is 93.5 Å². The molecule has 0 saturated carbocycles. The third-order valence-corrected chi connectivity index (χ3v) is 1.91. The Morgan fingerprint density at radius 1 is 1.13 bits per heavy atom. The summed E-state index contributed by atoms with van der Waals surface area (Å²) in [6, 6.07) is 8.47. The summed E-state index contributed by atoms with van der Waals surface area (Å²) in [6.07, 6.45) is 4.88. The van der Waals surface area contributed by atoms with Gasteiger partial charge in [-0.05, 0) is 25.3 Å². The quantitative estimate of drug-likeness (QED) is 0.539. The van der Waals surface area contributed by atoms with Crippen LogP contribution in [0, 0.1) is 6.92 Å². The number of hydrogen-bond donors (Lipinski definition) is 0. The van der Waals surface area contributed by atoms with Crippen molar-refractivity contribution in [1.29, 1.82) is 0 Å². The molecular weight excluding hydrogens is 184 g/mol. The molecule has 0 aromatic heterocycles. The van der Waals surface area contributed by atoms with Crippen LogP contribution in [0.2, 0.25) is 0 Å². The molecule has 1 rings (SSSR count). The molecule has 0 aliphatic heterocycles. The number of carbonyl (C=O) groups excluding carboxylic acids is 1. The van der Waals surface area contributed by atoms with Gasteiger partial charge in [0.25, 0.3) is 0 Å². The minimum absolute atomic E-state index is 0.674. The van der Waals surface area contributed by atoms with E-state index in [9.17, 15) is 4.79 Å². The van der Waals surface area contributed by atoms with E-state index >= 15 is 0 Å². The highest BCUT2D eigenvalue weighted by Gasteiger charge is 1.91. The van der Waals surface area contributed by atoms with E-state index in [0.29, 0.717) is 6.42 Å². The molecule has 0 heterocycles. The number of unbranched alkanes of at least 4 members (excludes halogenated alkanes) is 1. The first-order chi connectivity index (χ1) is 7.24. The Morgan fingerprint density at radius 2 is 1.67 bits per heavy atom. The first-order valence-electron chi connectivity index (χ1n) is 5.73. The van der Waals surface area contributed by atoms with E-state index in [4.69, 9.17) is 0 Å². The standard InChI is InChI=1S/C11H14O.C3H8/c1-10-5-7-11(8-6-10)4-2-3-9-12;1-3-2/h5-9H,2-4H2,1H3;3H2,1-2H3. The van der Waals surface area contributed by atoms with Gasteiger partial charge < -0.3 is 4.79 Å². The first-order valence-corrected chi connectivity index (χ1v) is 5.73. The zero-order valence-corrected chi connectivity index (χ0v) is 10.1. The van der Waals surface area contributed by atoms with Crippen molar-refractivity contribution in [3.8, 4) is 0 Å². The number of aldehydes is 1. The number of hydrogen-bond acceptors (Lipinski definition) is 1. The van der Waals surface area contributed by atoms with Gasteiger partial charge in [-0.1, -0.05) is 50.1 Å². The molecule has 0 aliphatic carbocycles. The van der Waals surface area contributed by atoms with Gasteiger partial charge in [0.15, 0.2) is 0 Å². The summed E-state index contributed by atoms with van der Waals surface area (Å²) >= 11 is 0. The molecule has 0 aliphatic rings. The van der Waals surface area contributed by atoms with Crippen LogP contribution in [-0.2, 0) is 11.2 Å². The molecule has 0 radical (unpaired) electrons. The van der Waals surface area contributed by atoms with Crippen LogP contribution < -0.4 is 0 Å². The van der Waals surface area contributed by atoms with Crippen molar-refractivity contribution in [2.24, 2.45) is 0 Å². The fraction of sp³-hybridized carbons (Fsp3) is 0.500. The zero-order chi connectivity index (χ0) is 11.5. The molecule has 0 amide bonds. The van der Waals surface area contributed by atoms with Gasteiger partial charge in [-0.25, -0.2) is 0 Å². The largest absolute Gasteiger partial charge is 0.303 e. The van der Waals surface area contributed by atoms with Crippen molar-refractivity contribution in [3.63, 3.8) is 0 Å². The average Bonchev–Trinajstić information content (AvgIpc) is 2.23. The van der Waals surface area contributed by atoms with E-state index < -0.39 is 0 Å². The van der Waals surface area contributed by atoms with Gasteiger partial charge >= 0.3 is 0 Å². The predicted molar refractivity (Wildman–Crippen MR) is 66.1 cm³/mol. The summed E-state index contributed by atoms with van der Waals surface area (Å²) in [7, 11) is 0. The topological polar surface area (TPSA) is 17.1 Å². The van der Waals surface area contributed by atoms with E-state index in [1.807, 2.05) is 0 Å². The lowest BCUT2D eigenvalue weighted by Crippen LogP contribution is -1.85. The Morgan fingerprint density at radius 3 is 2.13 bits per heavy atom. The van der Waals surface area contributed by atoms with Gasteiger partial charge in [0, 0.05) is 6.42 Å². The summed E-state index contributed by atoms with van der Waals surface area (Å²) in [5.41, 5.74) is 2.61. The lowest BCUT2D eigenvalue weighted by Gasteiger charge is -1.98.